The van der Waals surface area contributed by atoms with Crippen molar-refractivity contribution in [1.82, 2.24) is 9.55 Å². The van der Waals surface area contributed by atoms with E-state index in [0.29, 0.717) is 23.0 Å². The number of rotatable bonds is 6. The minimum absolute atomic E-state index is 0.212. The highest BCUT2D eigenvalue weighted by molar-refractivity contribution is 5.89. The quantitative estimate of drug-likeness (QED) is 0.384. The first-order valence-corrected chi connectivity index (χ1v) is 8.83. The molecule has 0 amide bonds. The third-order valence-electron chi connectivity index (χ3n) is 4.35. The molecular weight excluding hydrogens is 356 g/mol. The van der Waals surface area contributed by atoms with Gasteiger partial charge in [-0.2, -0.15) is 5.10 Å². The van der Waals surface area contributed by atoms with Crippen LogP contribution in [0.1, 0.15) is 23.0 Å². The van der Waals surface area contributed by atoms with Gasteiger partial charge in [0.05, 0.1) is 22.8 Å². The Bertz CT molecular complexity index is 1170. The van der Waals surface area contributed by atoms with Gasteiger partial charge in [-0.25, -0.2) is 15.2 Å². The molecule has 0 atom stereocenters. The number of aryl methyl sites for hydroxylation is 1. The summed E-state index contributed by atoms with van der Waals surface area (Å²) in [6, 6.07) is 18.1. The lowest BCUT2D eigenvalue weighted by atomic mass is 10.1. The molecule has 0 aliphatic heterocycles. The molecule has 140 valence electrons. The number of aromatic nitrogens is 2. The van der Waals surface area contributed by atoms with Gasteiger partial charge in [-0.05, 0) is 43.3 Å². The highest BCUT2D eigenvalue weighted by atomic mass is 16.4. The van der Waals surface area contributed by atoms with Crippen molar-refractivity contribution in [3.8, 4) is 11.3 Å². The molecule has 7 nitrogen and oxygen atoms in total. The van der Waals surface area contributed by atoms with E-state index in [1.807, 2.05) is 35.8 Å². The SMILES string of the molecule is CCn1c(N/N=C\c2ccc(-c3cccc(C(=O)O)c3)o2)nc2ccccc21. The maximum atomic E-state index is 11.1. The Morgan fingerprint density at radius 2 is 2.07 bits per heavy atom. The van der Waals surface area contributed by atoms with Crippen molar-refractivity contribution in [3.05, 3.63) is 72.0 Å². The number of benzene rings is 2. The number of carbonyl (C=O) groups is 1. The Morgan fingerprint density at radius 1 is 1.21 bits per heavy atom. The summed E-state index contributed by atoms with van der Waals surface area (Å²) < 4.78 is 7.79. The number of carboxylic acid groups (broad SMARTS) is 1. The van der Waals surface area contributed by atoms with Gasteiger partial charge >= 0.3 is 5.97 Å². The molecule has 0 saturated heterocycles. The zero-order valence-electron chi connectivity index (χ0n) is 15.2. The van der Waals surface area contributed by atoms with E-state index in [0.717, 1.165) is 17.6 Å². The number of fused-ring (bicyclic) bond motifs is 1. The van der Waals surface area contributed by atoms with Crippen molar-refractivity contribution >= 4 is 29.2 Å². The number of hydrogen-bond acceptors (Lipinski definition) is 5. The molecule has 28 heavy (non-hydrogen) atoms. The van der Waals surface area contributed by atoms with Crippen molar-refractivity contribution in [3.63, 3.8) is 0 Å². The van der Waals surface area contributed by atoms with Crippen LogP contribution in [0.4, 0.5) is 5.95 Å². The van der Waals surface area contributed by atoms with E-state index in [9.17, 15) is 4.79 Å². The van der Waals surface area contributed by atoms with Gasteiger partial charge < -0.3 is 14.1 Å². The lowest BCUT2D eigenvalue weighted by molar-refractivity contribution is 0.0697. The van der Waals surface area contributed by atoms with Crippen LogP contribution in [-0.2, 0) is 6.54 Å². The Balaban J connectivity index is 1.52. The summed E-state index contributed by atoms with van der Waals surface area (Å²) >= 11 is 0. The molecule has 2 aromatic heterocycles. The minimum atomic E-state index is -0.974. The number of hydrogen-bond donors (Lipinski definition) is 2. The van der Waals surface area contributed by atoms with Crippen LogP contribution in [0.5, 0.6) is 0 Å². The van der Waals surface area contributed by atoms with E-state index < -0.39 is 5.97 Å². The fraction of sp³-hybridized carbons (Fsp3) is 0.0952. The van der Waals surface area contributed by atoms with Crippen molar-refractivity contribution in [2.45, 2.75) is 13.5 Å². The molecule has 0 saturated carbocycles. The van der Waals surface area contributed by atoms with Crippen LogP contribution in [0.3, 0.4) is 0 Å². The molecule has 0 radical (unpaired) electrons. The largest absolute Gasteiger partial charge is 0.478 e. The minimum Gasteiger partial charge on any atom is -0.478 e. The van der Waals surface area contributed by atoms with Crippen molar-refractivity contribution in [2.24, 2.45) is 5.10 Å². The lowest BCUT2D eigenvalue weighted by Gasteiger charge is -2.04. The van der Waals surface area contributed by atoms with Gasteiger partial charge in [0.1, 0.15) is 11.5 Å². The van der Waals surface area contributed by atoms with Crippen molar-refractivity contribution < 1.29 is 14.3 Å². The maximum absolute atomic E-state index is 11.1. The van der Waals surface area contributed by atoms with Gasteiger partial charge in [0.15, 0.2) is 0 Å². The first kappa shape index (κ1) is 17.5. The monoisotopic (exact) mass is 374 g/mol. The topological polar surface area (TPSA) is 92.7 Å². The number of imidazole rings is 1. The van der Waals surface area contributed by atoms with Crippen LogP contribution in [0, 0.1) is 0 Å². The number of para-hydroxylation sites is 2. The Hall–Kier alpha value is -3.87. The molecule has 4 aromatic rings. The van der Waals surface area contributed by atoms with Crippen LogP contribution < -0.4 is 5.43 Å². The summed E-state index contributed by atoms with van der Waals surface area (Å²) in [4.78, 5) is 15.7. The predicted molar refractivity (Wildman–Crippen MR) is 108 cm³/mol. The molecule has 0 spiro atoms. The molecule has 0 bridgehead atoms. The first-order valence-electron chi connectivity index (χ1n) is 8.83. The summed E-state index contributed by atoms with van der Waals surface area (Å²) in [7, 11) is 0. The van der Waals surface area contributed by atoms with Gasteiger partial charge in [0.2, 0.25) is 5.95 Å². The lowest BCUT2D eigenvalue weighted by Crippen LogP contribution is -2.01. The first-order chi connectivity index (χ1) is 13.7. The van der Waals surface area contributed by atoms with Gasteiger partial charge in [-0.15, -0.1) is 0 Å². The molecule has 0 unspecified atom stereocenters. The van der Waals surface area contributed by atoms with Gasteiger partial charge in [-0.1, -0.05) is 24.3 Å². The number of aromatic carboxylic acids is 1. The van der Waals surface area contributed by atoms with Crippen LogP contribution in [0.2, 0.25) is 0 Å². The normalized spacial score (nSPS) is 11.3. The molecule has 7 heteroatoms. The fourth-order valence-electron chi connectivity index (χ4n) is 3.02. The van der Waals surface area contributed by atoms with Crippen LogP contribution >= 0.6 is 0 Å². The molecular formula is C21H18N4O3. The molecule has 0 aliphatic rings. The maximum Gasteiger partial charge on any atom is 0.335 e. The van der Waals surface area contributed by atoms with Crippen LogP contribution in [0.15, 0.2) is 70.2 Å². The number of carboxylic acids is 1. The summed E-state index contributed by atoms with van der Waals surface area (Å²) in [5.74, 6) is 0.798. The number of anilines is 1. The Morgan fingerprint density at radius 3 is 2.89 bits per heavy atom. The Labute approximate surface area is 160 Å². The summed E-state index contributed by atoms with van der Waals surface area (Å²) in [5.41, 5.74) is 5.81. The smallest absolute Gasteiger partial charge is 0.335 e. The second-order valence-electron chi connectivity index (χ2n) is 6.13. The molecule has 2 aromatic carbocycles. The standard InChI is InChI=1S/C21H18N4O3/c1-2-25-18-9-4-3-8-17(18)23-21(25)24-22-13-16-10-11-19(28-16)14-6-5-7-15(12-14)20(26)27/h3-13H,2H2,1H3,(H,23,24)(H,26,27)/b22-13-. The highest BCUT2D eigenvalue weighted by Gasteiger charge is 2.09. The Kier molecular flexibility index (Phi) is 4.63. The van der Waals surface area contributed by atoms with E-state index in [1.54, 1.807) is 42.6 Å². The van der Waals surface area contributed by atoms with Crippen molar-refractivity contribution in [1.29, 1.82) is 0 Å². The van der Waals surface area contributed by atoms with Gasteiger partial charge in [0, 0.05) is 12.1 Å². The molecule has 0 fully saturated rings. The molecule has 2 N–H and O–H groups in total. The number of hydrazone groups is 1. The average molecular weight is 374 g/mol. The van der Waals surface area contributed by atoms with E-state index in [4.69, 9.17) is 9.52 Å². The zero-order valence-corrected chi connectivity index (χ0v) is 15.2. The second kappa shape index (κ2) is 7.40. The van der Waals surface area contributed by atoms with E-state index in [1.165, 1.54) is 0 Å². The van der Waals surface area contributed by atoms with E-state index >= 15 is 0 Å². The third kappa shape index (κ3) is 3.37. The number of furan rings is 1. The number of nitrogens with zero attached hydrogens (tertiary/aromatic N) is 3. The van der Waals surface area contributed by atoms with Crippen molar-refractivity contribution in [2.75, 3.05) is 5.43 Å². The van der Waals surface area contributed by atoms with Crippen LogP contribution in [-0.4, -0.2) is 26.8 Å². The summed E-state index contributed by atoms with van der Waals surface area (Å²) in [6.07, 6.45) is 1.56. The molecule has 4 rings (SSSR count). The zero-order chi connectivity index (χ0) is 19.5. The highest BCUT2D eigenvalue weighted by Crippen LogP contribution is 2.23. The molecule has 2 heterocycles. The number of nitrogens with one attached hydrogen (secondary N) is 1. The fourth-order valence-corrected chi connectivity index (χ4v) is 3.02. The van der Waals surface area contributed by atoms with E-state index in [2.05, 4.69) is 15.5 Å². The van der Waals surface area contributed by atoms with E-state index in [-0.39, 0.29) is 5.56 Å². The summed E-state index contributed by atoms with van der Waals surface area (Å²) in [6.45, 7) is 2.82. The van der Waals surface area contributed by atoms with Gasteiger partial charge in [0.25, 0.3) is 0 Å². The third-order valence-corrected chi connectivity index (χ3v) is 4.35. The summed E-state index contributed by atoms with van der Waals surface area (Å²) in [5, 5.41) is 13.3. The molecule has 0 aliphatic carbocycles. The van der Waals surface area contributed by atoms with Gasteiger partial charge in [-0.3, -0.25) is 0 Å². The average Bonchev–Trinajstić information content (AvgIpc) is 3.32. The van der Waals surface area contributed by atoms with Crippen LogP contribution in [0.25, 0.3) is 22.4 Å². The second-order valence-corrected chi connectivity index (χ2v) is 6.13. The predicted octanol–water partition coefficient (Wildman–Crippen LogP) is 4.46.